The fraction of sp³-hybridized carbons (Fsp3) is 0.786. The van der Waals surface area contributed by atoms with E-state index >= 15 is 0 Å². The van der Waals surface area contributed by atoms with Crippen molar-refractivity contribution in [3.05, 3.63) is 0 Å². The van der Waals surface area contributed by atoms with Crippen LogP contribution in [-0.4, -0.2) is 76.0 Å². The van der Waals surface area contributed by atoms with Gasteiger partial charge < -0.3 is 28.4 Å². The summed E-state index contributed by atoms with van der Waals surface area (Å²) >= 11 is 33.1. The minimum atomic E-state index is -1.62. The average molecular weight is 539 g/mol. The molecule has 2 saturated heterocycles. The Morgan fingerprint density at radius 3 is 1.79 bits per heavy atom. The Labute approximate surface area is 194 Å². The molecule has 0 bridgehead atoms. The monoisotopic (exact) mass is 536 g/mol. The maximum absolute atomic E-state index is 12.0. The Kier molecular flexibility index (Phi) is 9.65. The van der Waals surface area contributed by atoms with E-state index in [4.69, 9.17) is 98.0 Å². The molecule has 2 aliphatic rings. The van der Waals surface area contributed by atoms with Crippen molar-refractivity contribution in [2.24, 2.45) is 0 Å². The highest BCUT2D eigenvalue weighted by molar-refractivity contribution is 6.53. The van der Waals surface area contributed by atoms with Gasteiger partial charge in [-0.25, -0.2) is 14.4 Å². The molecular weight excluding hydrogens is 525 g/mol. The van der Waals surface area contributed by atoms with Gasteiger partial charge in [0, 0.05) is 0 Å². The number of hydrogen-bond donors (Lipinski definition) is 0. The first-order chi connectivity index (χ1) is 13.5. The second kappa shape index (κ2) is 11.1. The van der Waals surface area contributed by atoms with Crippen molar-refractivity contribution in [3.63, 3.8) is 0 Å². The third kappa shape index (κ3) is 6.75. The van der Waals surface area contributed by atoms with Gasteiger partial charge in [0.05, 0.1) is 6.61 Å². The van der Waals surface area contributed by atoms with Gasteiger partial charge in [-0.15, -0.1) is 0 Å². The number of halogens is 6. The molecule has 0 radical (unpaired) electrons. The normalized spacial score (nSPS) is 32.1. The van der Waals surface area contributed by atoms with Gasteiger partial charge in [-0.2, -0.15) is 0 Å². The molecule has 2 fully saturated rings. The Morgan fingerprint density at radius 1 is 0.793 bits per heavy atom. The lowest BCUT2D eigenvalue weighted by molar-refractivity contribution is -0.351. The van der Waals surface area contributed by atoms with Crippen molar-refractivity contribution in [2.45, 2.75) is 58.4 Å². The first-order valence-corrected chi connectivity index (χ1v) is 10.5. The summed E-state index contributed by atoms with van der Waals surface area (Å²) in [5, 5.41) is 0. The summed E-state index contributed by atoms with van der Waals surface area (Å²) in [5.41, 5.74) is 0. The number of fused-ring (bicyclic) bond motifs is 1. The van der Waals surface area contributed by atoms with Crippen LogP contribution in [0.2, 0.25) is 0 Å². The molecule has 0 N–H and O–H groups in total. The highest BCUT2D eigenvalue weighted by atomic mass is 35.5. The Morgan fingerprint density at radius 2 is 1.28 bits per heavy atom. The molecule has 6 atom stereocenters. The van der Waals surface area contributed by atoms with Crippen molar-refractivity contribution in [2.75, 3.05) is 6.61 Å². The highest BCUT2D eigenvalue weighted by Crippen LogP contribution is 2.34. The van der Waals surface area contributed by atoms with Crippen LogP contribution in [0.15, 0.2) is 0 Å². The predicted octanol–water partition coefficient (Wildman–Crippen LogP) is 2.25. The summed E-state index contributed by atoms with van der Waals surface area (Å²) in [4.78, 5) is 31.1. The number of alkyl halides is 6. The van der Waals surface area contributed by atoms with E-state index in [2.05, 4.69) is 0 Å². The molecule has 0 saturated carbocycles. The largest absolute Gasteiger partial charge is 0.453 e. The average Bonchev–Trinajstić information content (AvgIpc) is 2.63. The van der Waals surface area contributed by atoms with E-state index in [1.165, 1.54) is 0 Å². The van der Waals surface area contributed by atoms with E-state index < -0.39 is 69.4 Å². The molecule has 0 aliphatic carbocycles. The van der Waals surface area contributed by atoms with E-state index in [1.807, 2.05) is 0 Å². The van der Waals surface area contributed by atoms with Crippen LogP contribution in [0.4, 0.5) is 0 Å². The molecule has 0 amide bonds. The van der Waals surface area contributed by atoms with Gasteiger partial charge in [0.1, 0.15) is 12.2 Å². The molecule has 29 heavy (non-hydrogen) atoms. The van der Waals surface area contributed by atoms with Gasteiger partial charge in [0.25, 0.3) is 0 Å². The molecule has 0 aromatic heterocycles. The van der Waals surface area contributed by atoms with Gasteiger partial charge in [-0.05, 0) is 6.92 Å². The number of hydrogen-bond acceptors (Lipinski definition) is 9. The Hall–Kier alpha value is 0.0300. The summed E-state index contributed by atoms with van der Waals surface area (Å²) < 4.78 is 31.9. The van der Waals surface area contributed by atoms with Crippen LogP contribution in [0.1, 0.15) is 6.92 Å². The zero-order valence-corrected chi connectivity index (χ0v) is 18.9. The summed E-state index contributed by atoms with van der Waals surface area (Å²) in [5.74, 6) is -3.33. The molecule has 0 aromatic rings. The number of carbonyl (C=O) groups excluding carboxylic acids is 3. The molecule has 9 nitrogen and oxygen atoms in total. The summed E-state index contributed by atoms with van der Waals surface area (Å²) in [6, 6.07) is 0. The van der Waals surface area contributed by atoms with E-state index in [9.17, 15) is 14.4 Å². The van der Waals surface area contributed by atoms with Crippen molar-refractivity contribution < 1.29 is 42.8 Å². The van der Waals surface area contributed by atoms with Gasteiger partial charge in [-0.3, -0.25) is 0 Å². The van der Waals surface area contributed by atoms with Gasteiger partial charge in [0.2, 0.25) is 26.9 Å². The fourth-order valence-corrected chi connectivity index (χ4v) is 2.87. The number of rotatable bonds is 6. The Bertz CT molecular complexity index is 618. The van der Waals surface area contributed by atoms with Crippen LogP contribution in [0, 0.1) is 0 Å². The highest BCUT2D eigenvalue weighted by Gasteiger charge is 2.55. The van der Waals surface area contributed by atoms with E-state index in [0.717, 1.165) is 0 Å². The second-order valence-electron chi connectivity index (χ2n) is 5.69. The minimum Gasteiger partial charge on any atom is -0.453 e. The van der Waals surface area contributed by atoms with Gasteiger partial charge >= 0.3 is 17.9 Å². The maximum Gasteiger partial charge on any atom is 0.341 e. The molecule has 15 heteroatoms. The number of ether oxygens (including phenoxy) is 6. The topological polar surface area (TPSA) is 107 Å². The summed E-state index contributed by atoms with van der Waals surface area (Å²) in [6.07, 6.45) is -7.20. The summed E-state index contributed by atoms with van der Waals surface area (Å²) in [6.45, 7) is 1.55. The molecule has 2 heterocycles. The first kappa shape index (κ1) is 25.3. The second-order valence-corrected chi connectivity index (χ2v) is 8.98. The van der Waals surface area contributed by atoms with Crippen LogP contribution in [0.25, 0.3) is 0 Å². The molecule has 0 unspecified atom stereocenters. The van der Waals surface area contributed by atoms with Crippen molar-refractivity contribution in [1.29, 1.82) is 0 Å². The molecule has 166 valence electrons. The standard InChI is InChI=1S/C14H14Cl6O9/c1-3-24-2-4-5(25-3)6(27-11(21)8(15)16)7(28-12(22)9(17)18)14(26-4)29-13(23)10(19)20/h3-10,14H,2H2,1H3/t3-,4-,5-,6+,7-,14+/m1/s1. The number of esters is 3. The van der Waals surface area contributed by atoms with Crippen LogP contribution >= 0.6 is 69.6 Å². The van der Waals surface area contributed by atoms with Crippen molar-refractivity contribution >= 4 is 87.5 Å². The van der Waals surface area contributed by atoms with Crippen molar-refractivity contribution in [3.8, 4) is 0 Å². The van der Waals surface area contributed by atoms with Crippen LogP contribution < -0.4 is 0 Å². The first-order valence-electron chi connectivity index (χ1n) is 7.89. The molecule has 0 aromatic carbocycles. The third-order valence-electron chi connectivity index (χ3n) is 3.71. The van der Waals surface area contributed by atoms with E-state index in [0.29, 0.717) is 0 Å². The maximum atomic E-state index is 12.0. The lowest BCUT2D eigenvalue weighted by Gasteiger charge is -2.47. The van der Waals surface area contributed by atoms with Gasteiger partial charge in [-0.1, -0.05) is 69.6 Å². The summed E-state index contributed by atoms with van der Waals surface area (Å²) in [7, 11) is 0. The predicted molar refractivity (Wildman–Crippen MR) is 101 cm³/mol. The van der Waals surface area contributed by atoms with Crippen LogP contribution in [0.3, 0.4) is 0 Å². The zero-order valence-electron chi connectivity index (χ0n) is 14.3. The quantitative estimate of drug-likeness (QED) is 0.286. The minimum absolute atomic E-state index is 0.0292. The smallest absolute Gasteiger partial charge is 0.341 e. The third-order valence-corrected chi connectivity index (χ3v) is 4.78. The Balaban J connectivity index is 2.37. The molecule has 2 aliphatic heterocycles. The van der Waals surface area contributed by atoms with E-state index in [-0.39, 0.29) is 6.61 Å². The van der Waals surface area contributed by atoms with Crippen LogP contribution in [0.5, 0.6) is 0 Å². The molecular formula is C14H14Cl6O9. The zero-order chi connectivity index (χ0) is 21.9. The lowest BCUT2D eigenvalue weighted by atomic mass is 9.97. The van der Waals surface area contributed by atoms with E-state index in [1.54, 1.807) is 6.92 Å². The SMILES string of the molecule is C[C@@H]1OC[C@H]2O[C@@H](OC(=O)C(Cl)Cl)[C@H](OC(=O)C(Cl)Cl)[C@@H](OC(=O)C(Cl)Cl)[C@@H]2O1. The molecule has 0 spiro atoms. The van der Waals surface area contributed by atoms with Crippen LogP contribution in [-0.2, 0) is 42.8 Å². The lowest BCUT2D eigenvalue weighted by Crippen LogP contribution is -2.65. The molecule has 2 rings (SSSR count). The number of carbonyl (C=O) groups is 3. The van der Waals surface area contributed by atoms with Crippen molar-refractivity contribution in [1.82, 2.24) is 0 Å². The van der Waals surface area contributed by atoms with Gasteiger partial charge in [0.15, 0.2) is 12.4 Å². The fourth-order valence-electron chi connectivity index (χ4n) is 2.56.